The fraction of sp³-hybridized carbons (Fsp3) is 1.00. The Bertz CT molecular complexity index is 334. The van der Waals surface area contributed by atoms with Gasteiger partial charge >= 0.3 is 0 Å². The van der Waals surface area contributed by atoms with Gasteiger partial charge in [-0.15, -0.1) is 0 Å². The molecule has 2 saturated heterocycles. The Labute approximate surface area is 129 Å². The molecule has 2 N–H and O–H groups in total. The second-order valence-corrected chi connectivity index (χ2v) is 7.73. The lowest BCUT2D eigenvalue weighted by molar-refractivity contribution is 0.0467. The second kappa shape index (κ2) is 6.95. The number of fused-ring (bicyclic) bond motifs is 1. The Hall–Kier alpha value is -0.160. The quantitative estimate of drug-likeness (QED) is 0.745. The van der Waals surface area contributed by atoms with E-state index in [1.165, 1.54) is 71.2 Å². The average molecular weight is 295 g/mol. The van der Waals surface area contributed by atoms with E-state index in [0.717, 1.165) is 12.5 Å². The summed E-state index contributed by atoms with van der Waals surface area (Å²) in [5.74, 6) is 0. The minimum Gasteiger partial charge on any atom is -0.394 e. The molecule has 0 radical (unpaired) electrons. The fourth-order valence-electron chi connectivity index (χ4n) is 4.03. The van der Waals surface area contributed by atoms with Crippen LogP contribution in [0, 0.1) is 0 Å². The maximum absolute atomic E-state index is 9.67. The Morgan fingerprint density at radius 3 is 2.76 bits per heavy atom. The molecule has 4 nitrogen and oxygen atoms in total. The largest absolute Gasteiger partial charge is 0.394 e. The van der Waals surface area contributed by atoms with E-state index >= 15 is 0 Å². The highest BCUT2D eigenvalue weighted by Crippen LogP contribution is 2.25. The van der Waals surface area contributed by atoms with Gasteiger partial charge in [0.25, 0.3) is 0 Å². The zero-order valence-corrected chi connectivity index (χ0v) is 13.7. The predicted molar refractivity (Wildman–Crippen MR) is 86.5 cm³/mol. The van der Waals surface area contributed by atoms with Gasteiger partial charge in [0, 0.05) is 37.3 Å². The van der Waals surface area contributed by atoms with Gasteiger partial charge in [-0.3, -0.25) is 4.90 Å². The van der Waals surface area contributed by atoms with Crippen LogP contribution in [0.2, 0.25) is 0 Å². The zero-order chi connectivity index (χ0) is 14.7. The molecule has 2 unspecified atom stereocenters. The molecule has 4 heteroatoms. The van der Waals surface area contributed by atoms with Crippen molar-refractivity contribution in [3.05, 3.63) is 0 Å². The number of aliphatic hydroxyl groups excluding tert-OH is 1. The van der Waals surface area contributed by atoms with Gasteiger partial charge in [0.05, 0.1) is 6.61 Å². The third-order valence-electron chi connectivity index (χ3n) is 5.60. The molecule has 0 spiro atoms. The van der Waals surface area contributed by atoms with Crippen molar-refractivity contribution >= 4 is 0 Å². The van der Waals surface area contributed by atoms with E-state index < -0.39 is 0 Å². The summed E-state index contributed by atoms with van der Waals surface area (Å²) in [6.07, 6.45) is 9.09. The third kappa shape index (κ3) is 4.41. The molecule has 0 aromatic carbocycles. The highest BCUT2D eigenvalue weighted by atomic mass is 16.3. The zero-order valence-electron chi connectivity index (χ0n) is 13.7. The third-order valence-corrected chi connectivity index (χ3v) is 5.60. The summed E-state index contributed by atoms with van der Waals surface area (Å²) in [4.78, 5) is 5.36. The van der Waals surface area contributed by atoms with Crippen molar-refractivity contribution in [2.24, 2.45) is 0 Å². The summed E-state index contributed by atoms with van der Waals surface area (Å²) in [5, 5.41) is 13.3. The number of hydrogen-bond donors (Lipinski definition) is 2. The number of nitrogens with one attached hydrogen (secondary N) is 1. The number of piperazine rings is 1. The first-order chi connectivity index (χ1) is 10.2. The lowest BCUT2D eigenvalue weighted by atomic mass is 9.95. The molecule has 1 aliphatic carbocycles. The molecule has 3 fully saturated rings. The molecule has 3 aliphatic rings. The van der Waals surface area contributed by atoms with Crippen LogP contribution in [-0.4, -0.2) is 71.9 Å². The molecule has 2 aliphatic heterocycles. The lowest BCUT2D eigenvalue weighted by Crippen LogP contribution is -2.55. The van der Waals surface area contributed by atoms with E-state index in [9.17, 15) is 5.11 Å². The van der Waals surface area contributed by atoms with Gasteiger partial charge in [0.15, 0.2) is 0 Å². The minimum atomic E-state index is -0.0617. The summed E-state index contributed by atoms with van der Waals surface area (Å²) in [6, 6.07) is 1.49. The molecule has 0 amide bonds. The SMILES string of the molecule is CC(CO)(CCCN1CCN2CCCCC2C1)NC1CC1. The molecular weight excluding hydrogens is 262 g/mol. The van der Waals surface area contributed by atoms with Crippen LogP contribution in [0.1, 0.15) is 51.9 Å². The summed E-state index contributed by atoms with van der Waals surface area (Å²) in [7, 11) is 0. The summed E-state index contributed by atoms with van der Waals surface area (Å²) in [6.45, 7) is 8.75. The van der Waals surface area contributed by atoms with E-state index in [4.69, 9.17) is 0 Å². The topological polar surface area (TPSA) is 38.7 Å². The Morgan fingerprint density at radius 2 is 2.00 bits per heavy atom. The first-order valence-corrected chi connectivity index (χ1v) is 9.03. The number of aliphatic hydroxyl groups is 1. The summed E-state index contributed by atoms with van der Waals surface area (Å²) < 4.78 is 0. The van der Waals surface area contributed by atoms with Crippen molar-refractivity contribution in [3.63, 3.8) is 0 Å². The molecule has 2 heterocycles. The first-order valence-electron chi connectivity index (χ1n) is 9.03. The van der Waals surface area contributed by atoms with Gasteiger partial charge in [-0.1, -0.05) is 6.42 Å². The molecule has 1 saturated carbocycles. The van der Waals surface area contributed by atoms with Gasteiger partial charge in [-0.05, 0) is 58.5 Å². The highest BCUT2D eigenvalue weighted by Gasteiger charge is 2.32. The van der Waals surface area contributed by atoms with Gasteiger partial charge in [-0.25, -0.2) is 0 Å². The Kier molecular flexibility index (Phi) is 5.20. The molecule has 0 aromatic rings. The van der Waals surface area contributed by atoms with Crippen LogP contribution in [-0.2, 0) is 0 Å². The first kappa shape index (κ1) is 15.7. The number of piperidine rings is 1. The van der Waals surface area contributed by atoms with Crippen LogP contribution in [0.15, 0.2) is 0 Å². The maximum atomic E-state index is 9.67. The maximum Gasteiger partial charge on any atom is 0.0610 e. The normalized spacial score (nSPS) is 30.9. The van der Waals surface area contributed by atoms with Crippen molar-refractivity contribution in [2.75, 3.05) is 39.3 Å². The van der Waals surface area contributed by atoms with Crippen LogP contribution in [0.25, 0.3) is 0 Å². The van der Waals surface area contributed by atoms with Crippen LogP contribution in [0.4, 0.5) is 0 Å². The number of nitrogens with zero attached hydrogens (tertiary/aromatic N) is 2. The van der Waals surface area contributed by atoms with Gasteiger partial charge in [0.1, 0.15) is 0 Å². The van der Waals surface area contributed by atoms with Crippen molar-refractivity contribution < 1.29 is 5.11 Å². The van der Waals surface area contributed by atoms with Crippen molar-refractivity contribution in [2.45, 2.75) is 69.5 Å². The molecular formula is C17H33N3O. The molecule has 0 aromatic heterocycles. The van der Waals surface area contributed by atoms with E-state index in [2.05, 4.69) is 22.0 Å². The minimum absolute atomic E-state index is 0.0617. The molecule has 21 heavy (non-hydrogen) atoms. The van der Waals surface area contributed by atoms with Crippen molar-refractivity contribution in [1.29, 1.82) is 0 Å². The van der Waals surface area contributed by atoms with Gasteiger partial charge in [0.2, 0.25) is 0 Å². The Balaban J connectivity index is 1.38. The molecule has 3 rings (SSSR count). The lowest BCUT2D eigenvalue weighted by Gasteiger charge is -2.44. The van der Waals surface area contributed by atoms with Crippen LogP contribution >= 0.6 is 0 Å². The summed E-state index contributed by atoms with van der Waals surface area (Å²) >= 11 is 0. The van der Waals surface area contributed by atoms with Gasteiger partial charge < -0.3 is 15.3 Å². The van der Waals surface area contributed by atoms with Crippen molar-refractivity contribution in [3.8, 4) is 0 Å². The van der Waals surface area contributed by atoms with E-state index in [1.807, 2.05) is 0 Å². The number of hydrogen-bond acceptors (Lipinski definition) is 4. The second-order valence-electron chi connectivity index (χ2n) is 7.73. The van der Waals surface area contributed by atoms with Crippen LogP contribution in [0.3, 0.4) is 0 Å². The smallest absolute Gasteiger partial charge is 0.0610 e. The monoisotopic (exact) mass is 295 g/mol. The van der Waals surface area contributed by atoms with Crippen LogP contribution in [0.5, 0.6) is 0 Å². The average Bonchev–Trinajstić information content (AvgIpc) is 3.31. The highest BCUT2D eigenvalue weighted by molar-refractivity contribution is 4.92. The summed E-state index contributed by atoms with van der Waals surface area (Å²) in [5.41, 5.74) is -0.0617. The fourth-order valence-corrected chi connectivity index (χ4v) is 4.03. The Morgan fingerprint density at radius 1 is 1.14 bits per heavy atom. The van der Waals surface area contributed by atoms with Crippen LogP contribution < -0.4 is 5.32 Å². The number of rotatable bonds is 7. The molecule has 0 bridgehead atoms. The molecule has 2 atom stereocenters. The predicted octanol–water partition coefficient (Wildman–Crippen LogP) is 1.44. The standard InChI is InChI=1S/C17H33N3O/c1-17(14-21,18-15-6-7-15)8-4-9-19-11-12-20-10-3-2-5-16(20)13-19/h15-16,18,21H,2-14H2,1H3. The van der Waals surface area contributed by atoms with E-state index in [-0.39, 0.29) is 12.1 Å². The van der Waals surface area contributed by atoms with Crippen molar-refractivity contribution in [1.82, 2.24) is 15.1 Å². The van der Waals surface area contributed by atoms with Gasteiger partial charge in [-0.2, -0.15) is 0 Å². The van der Waals surface area contributed by atoms with E-state index in [1.54, 1.807) is 0 Å². The van der Waals surface area contributed by atoms with E-state index in [0.29, 0.717) is 6.04 Å². The molecule has 122 valence electrons.